The standard InChI is InChI=1S/C12H14N2O4/c1-7(15)14-6-12(3-4-12)18-9-5-8(11(16)17)13(2)10(9)14/h5H,3-4,6H2,1-2H3,(H,16,17). The molecule has 0 saturated heterocycles. The summed E-state index contributed by atoms with van der Waals surface area (Å²) in [6, 6.07) is 1.49. The molecule has 6 heteroatoms. The summed E-state index contributed by atoms with van der Waals surface area (Å²) in [7, 11) is 1.63. The first kappa shape index (κ1) is 11.1. The number of nitrogens with zero attached hydrogens (tertiary/aromatic N) is 2. The largest absolute Gasteiger partial charge is 0.481 e. The molecule has 2 aliphatic rings. The number of anilines is 1. The van der Waals surface area contributed by atoms with Crippen LogP contribution in [0.1, 0.15) is 30.3 Å². The number of ether oxygens (including phenoxy) is 1. The third-order valence-electron chi connectivity index (χ3n) is 3.60. The van der Waals surface area contributed by atoms with Gasteiger partial charge >= 0.3 is 5.97 Å². The van der Waals surface area contributed by atoms with Gasteiger partial charge in [0.2, 0.25) is 5.91 Å². The third kappa shape index (κ3) is 1.41. The Morgan fingerprint density at radius 3 is 2.61 bits per heavy atom. The van der Waals surface area contributed by atoms with E-state index in [1.165, 1.54) is 17.6 Å². The van der Waals surface area contributed by atoms with Gasteiger partial charge in [0, 0.05) is 20.0 Å². The average molecular weight is 250 g/mol. The molecule has 96 valence electrons. The molecule has 6 nitrogen and oxygen atoms in total. The molecule has 0 bridgehead atoms. The molecule has 3 rings (SSSR count). The van der Waals surface area contributed by atoms with Gasteiger partial charge in [-0.3, -0.25) is 9.69 Å². The SMILES string of the molecule is CC(=O)N1CC2(CC2)Oc2cc(C(=O)O)n(C)c21. The number of carbonyl (C=O) groups is 2. The van der Waals surface area contributed by atoms with E-state index in [-0.39, 0.29) is 17.2 Å². The highest BCUT2D eigenvalue weighted by molar-refractivity contribution is 5.96. The minimum absolute atomic E-state index is 0.0936. The van der Waals surface area contributed by atoms with Crippen LogP contribution in [-0.2, 0) is 11.8 Å². The predicted molar refractivity (Wildman–Crippen MR) is 63.0 cm³/mol. The Labute approximate surface area is 104 Å². The lowest BCUT2D eigenvalue weighted by Crippen LogP contribution is -2.44. The minimum Gasteiger partial charge on any atom is -0.481 e. The van der Waals surface area contributed by atoms with Crippen LogP contribution in [0, 0.1) is 0 Å². The Morgan fingerprint density at radius 2 is 2.11 bits per heavy atom. The van der Waals surface area contributed by atoms with E-state index < -0.39 is 5.97 Å². The molecule has 1 aromatic heterocycles. The first-order chi connectivity index (χ1) is 8.43. The van der Waals surface area contributed by atoms with Crippen molar-refractivity contribution in [3.8, 4) is 5.75 Å². The summed E-state index contributed by atoms with van der Waals surface area (Å²) in [5.41, 5.74) is -0.153. The zero-order valence-electron chi connectivity index (χ0n) is 10.3. The number of aromatic nitrogens is 1. The molecule has 1 aromatic rings. The molecular weight excluding hydrogens is 236 g/mol. The highest BCUT2D eigenvalue weighted by atomic mass is 16.5. The maximum atomic E-state index is 11.7. The number of carboxylic acids is 1. The lowest BCUT2D eigenvalue weighted by atomic mass is 10.2. The van der Waals surface area contributed by atoms with Crippen molar-refractivity contribution in [3.63, 3.8) is 0 Å². The van der Waals surface area contributed by atoms with E-state index >= 15 is 0 Å². The first-order valence-corrected chi connectivity index (χ1v) is 5.84. The van der Waals surface area contributed by atoms with Gasteiger partial charge < -0.3 is 14.4 Å². The minimum atomic E-state index is -1.02. The second-order valence-corrected chi connectivity index (χ2v) is 4.97. The number of amides is 1. The number of hydrogen-bond donors (Lipinski definition) is 1. The van der Waals surface area contributed by atoms with Crippen molar-refractivity contribution in [2.24, 2.45) is 7.05 Å². The van der Waals surface area contributed by atoms with E-state index in [1.807, 2.05) is 0 Å². The van der Waals surface area contributed by atoms with Crippen LogP contribution in [0.2, 0.25) is 0 Å². The molecule has 2 heterocycles. The quantitative estimate of drug-likeness (QED) is 0.807. The van der Waals surface area contributed by atoms with Crippen LogP contribution >= 0.6 is 0 Å². The van der Waals surface area contributed by atoms with Gasteiger partial charge in [0.15, 0.2) is 11.6 Å². The summed E-state index contributed by atoms with van der Waals surface area (Å²) in [6.45, 7) is 1.99. The molecule has 1 saturated carbocycles. The second-order valence-electron chi connectivity index (χ2n) is 4.97. The fourth-order valence-corrected chi connectivity index (χ4v) is 2.45. The molecule has 1 fully saturated rings. The molecule has 0 aromatic carbocycles. The Morgan fingerprint density at radius 1 is 1.44 bits per heavy atom. The fraction of sp³-hybridized carbons (Fsp3) is 0.500. The molecule has 1 spiro atoms. The zero-order valence-corrected chi connectivity index (χ0v) is 10.3. The van der Waals surface area contributed by atoms with Gasteiger partial charge in [-0.05, 0) is 12.8 Å². The van der Waals surface area contributed by atoms with Crippen LogP contribution in [0.3, 0.4) is 0 Å². The van der Waals surface area contributed by atoms with E-state index in [1.54, 1.807) is 11.9 Å². The molecule has 1 aliphatic heterocycles. The van der Waals surface area contributed by atoms with Crippen molar-refractivity contribution >= 4 is 17.7 Å². The van der Waals surface area contributed by atoms with Crippen molar-refractivity contribution in [2.75, 3.05) is 11.4 Å². The number of carboxylic acid groups (broad SMARTS) is 1. The van der Waals surface area contributed by atoms with E-state index in [0.29, 0.717) is 18.1 Å². The van der Waals surface area contributed by atoms with Crippen molar-refractivity contribution in [3.05, 3.63) is 11.8 Å². The fourth-order valence-electron chi connectivity index (χ4n) is 2.45. The molecule has 1 N–H and O–H groups in total. The molecule has 1 aliphatic carbocycles. The summed E-state index contributed by atoms with van der Waals surface area (Å²) < 4.78 is 7.34. The maximum Gasteiger partial charge on any atom is 0.352 e. The van der Waals surface area contributed by atoms with E-state index in [4.69, 9.17) is 9.84 Å². The molecule has 0 radical (unpaired) electrons. The third-order valence-corrected chi connectivity index (χ3v) is 3.60. The zero-order chi connectivity index (χ0) is 13.1. The maximum absolute atomic E-state index is 11.7. The van der Waals surface area contributed by atoms with Crippen LogP contribution in [0.5, 0.6) is 5.75 Å². The summed E-state index contributed by atoms with van der Waals surface area (Å²) in [5, 5.41) is 9.11. The number of fused-ring (bicyclic) bond motifs is 1. The normalized spacial score (nSPS) is 19.3. The van der Waals surface area contributed by atoms with Crippen LogP contribution in [0.25, 0.3) is 0 Å². The van der Waals surface area contributed by atoms with Gasteiger partial charge in [-0.25, -0.2) is 4.79 Å². The highest BCUT2D eigenvalue weighted by Crippen LogP contribution is 2.49. The molecule has 0 atom stereocenters. The van der Waals surface area contributed by atoms with Crippen molar-refractivity contribution in [1.29, 1.82) is 0 Å². The van der Waals surface area contributed by atoms with Gasteiger partial charge in [-0.15, -0.1) is 0 Å². The first-order valence-electron chi connectivity index (χ1n) is 5.84. The number of carbonyl (C=O) groups excluding carboxylic acids is 1. The van der Waals surface area contributed by atoms with Gasteiger partial charge in [0.25, 0.3) is 0 Å². The highest BCUT2D eigenvalue weighted by Gasteiger charge is 2.52. The second kappa shape index (κ2) is 3.28. The Bertz CT molecular complexity index is 557. The Hall–Kier alpha value is -1.98. The summed E-state index contributed by atoms with van der Waals surface area (Å²) in [5.74, 6) is -0.0842. The molecule has 1 amide bonds. The Balaban J connectivity index is 2.13. The van der Waals surface area contributed by atoms with Crippen LogP contribution in [0.15, 0.2) is 6.07 Å². The lowest BCUT2D eigenvalue weighted by Gasteiger charge is -2.33. The Kier molecular flexibility index (Phi) is 2.03. The van der Waals surface area contributed by atoms with Crippen molar-refractivity contribution in [1.82, 2.24) is 4.57 Å². The predicted octanol–water partition coefficient (Wildman–Crippen LogP) is 1.00. The lowest BCUT2D eigenvalue weighted by molar-refractivity contribution is -0.117. The number of aromatic carboxylic acids is 1. The van der Waals surface area contributed by atoms with Crippen LogP contribution < -0.4 is 9.64 Å². The van der Waals surface area contributed by atoms with E-state index in [0.717, 1.165) is 12.8 Å². The molecule has 18 heavy (non-hydrogen) atoms. The topological polar surface area (TPSA) is 71.8 Å². The smallest absolute Gasteiger partial charge is 0.352 e. The molecular formula is C12H14N2O4. The summed E-state index contributed by atoms with van der Waals surface area (Å²) in [6.07, 6.45) is 1.82. The van der Waals surface area contributed by atoms with Crippen LogP contribution in [-0.4, -0.2) is 33.7 Å². The van der Waals surface area contributed by atoms with Crippen molar-refractivity contribution < 1.29 is 19.4 Å². The number of hydrogen-bond acceptors (Lipinski definition) is 3. The van der Waals surface area contributed by atoms with Crippen LogP contribution in [0.4, 0.5) is 5.82 Å². The average Bonchev–Trinajstić information content (AvgIpc) is 2.94. The van der Waals surface area contributed by atoms with Gasteiger partial charge in [-0.1, -0.05) is 0 Å². The summed E-state index contributed by atoms with van der Waals surface area (Å²) >= 11 is 0. The van der Waals surface area contributed by atoms with E-state index in [9.17, 15) is 9.59 Å². The van der Waals surface area contributed by atoms with Gasteiger partial charge in [-0.2, -0.15) is 0 Å². The van der Waals surface area contributed by atoms with Gasteiger partial charge in [0.05, 0.1) is 6.54 Å². The number of rotatable bonds is 1. The summed E-state index contributed by atoms with van der Waals surface area (Å²) in [4.78, 5) is 24.4. The molecule has 0 unspecified atom stereocenters. The monoisotopic (exact) mass is 250 g/mol. The van der Waals surface area contributed by atoms with Crippen molar-refractivity contribution in [2.45, 2.75) is 25.4 Å². The van der Waals surface area contributed by atoms with Gasteiger partial charge in [0.1, 0.15) is 11.3 Å². The van der Waals surface area contributed by atoms with E-state index in [2.05, 4.69) is 0 Å².